The third-order valence-electron chi connectivity index (χ3n) is 3.88. The van der Waals surface area contributed by atoms with E-state index in [1.807, 2.05) is 48.7 Å². The molecule has 138 valence electrons. The lowest BCUT2D eigenvalue weighted by molar-refractivity contribution is -0.117. The molecule has 0 saturated carbocycles. The topological polar surface area (TPSA) is 67.4 Å². The fourth-order valence-corrected chi connectivity index (χ4v) is 3.00. The molecule has 0 radical (unpaired) electrons. The molecule has 0 spiro atoms. The van der Waals surface area contributed by atoms with Crippen LogP contribution in [0.2, 0.25) is 0 Å². The molecule has 0 saturated heterocycles. The van der Waals surface area contributed by atoms with Crippen molar-refractivity contribution in [1.29, 1.82) is 0 Å². The van der Waals surface area contributed by atoms with Crippen LogP contribution in [0.4, 0.5) is 5.69 Å². The molecule has 2 aromatic carbocycles. The predicted octanol–water partition coefficient (Wildman–Crippen LogP) is 4.61. The van der Waals surface area contributed by atoms with Crippen LogP contribution in [-0.4, -0.2) is 17.9 Å². The third-order valence-corrected chi connectivity index (χ3v) is 4.75. The van der Waals surface area contributed by atoms with Crippen molar-refractivity contribution in [2.75, 3.05) is 5.32 Å². The number of hydrogen-bond donors (Lipinski definition) is 2. The molecule has 3 rings (SSSR count). The molecule has 0 bridgehead atoms. The number of nitrogens with one attached hydrogen (secondary N) is 2. The standard InChI is InChI=1S/C21H20N2O3S/c1-14-9-11-16(12-10-14)26-18-7-4-3-6-17(18)23-20(24)15(2)22-21(25)19-8-5-13-27-19/h3-13,15H,1-2H3,(H,22,25)(H,23,24)/t15-/m1/s1. The SMILES string of the molecule is Cc1ccc(Oc2ccccc2NC(=O)[C@@H](C)NC(=O)c2cccs2)cc1. The van der Waals surface area contributed by atoms with E-state index in [-0.39, 0.29) is 11.8 Å². The van der Waals surface area contributed by atoms with E-state index in [1.165, 1.54) is 11.3 Å². The molecule has 2 amide bonds. The second-order valence-electron chi connectivity index (χ2n) is 6.07. The maximum absolute atomic E-state index is 12.5. The molecule has 6 heteroatoms. The van der Waals surface area contributed by atoms with Crippen LogP contribution in [0.5, 0.6) is 11.5 Å². The number of carbonyl (C=O) groups is 2. The van der Waals surface area contributed by atoms with Crippen molar-refractivity contribution in [1.82, 2.24) is 5.32 Å². The molecule has 0 aliphatic rings. The second-order valence-corrected chi connectivity index (χ2v) is 7.02. The molecule has 27 heavy (non-hydrogen) atoms. The number of ether oxygens (including phenoxy) is 1. The Balaban J connectivity index is 1.67. The Kier molecular flexibility index (Phi) is 5.88. The molecule has 0 aliphatic carbocycles. The van der Waals surface area contributed by atoms with E-state index in [0.29, 0.717) is 22.1 Å². The summed E-state index contributed by atoms with van der Waals surface area (Å²) in [5.41, 5.74) is 1.68. The maximum atomic E-state index is 12.5. The summed E-state index contributed by atoms with van der Waals surface area (Å²) in [6, 6.07) is 17.7. The van der Waals surface area contributed by atoms with Crippen molar-refractivity contribution in [3.63, 3.8) is 0 Å². The molecular formula is C21H20N2O3S. The van der Waals surface area contributed by atoms with E-state index < -0.39 is 6.04 Å². The zero-order chi connectivity index (χ0) is 19.2. The number of para-hydroxylation sites is 2. The molecule has 0 fully saturated rings. The van der Waals surface area contributed by atoms with Gasteiger partial charge in [-0.2, -0.15) is 0 Å². The van der Waals surface area contributed by atoms with Crippen LogP contribution in [0.15, 0.2) is 66.0 Å². The minimum atomic E-state index is -0.688. The van der Waals surface area contributed by atoms with Gasteiger partial charge in [-0.1, -0.05) is 35.9 Å². The van der Waals surface area contributed by atoms with Crippen LogP contribution < -0.4 is 15.4 Å². The van der Waals surface area contributed by atoms with E-state index >= 15 is 0 Å². The first kappa shape index (κ1) is 18.7. The Morgan fingerprint density at radius 3 is 2.44 bits per heavy atom. The van der Waals surface area contributed by atoms with Crippen LogP contribution in [0.1, 0.15) is 22.2 Å². The van der Waals surface area contributed by atoms with Gasteiger partial charge in [0.2, 0.25) is 5.91 Å². The van der Waals surface area contributed by atoms with Crippen molar-refractivity contribution < 1.29 is 14.3 Å². The van der Waals surface area contributed by atoms with Crippen LogP contribution in [0, 0.1) is 6.92 Å². The lowest BCUT2D eigenvalue weighted by atomic mass is 10.2. The monoisotopic (exact) mass is 380 g/mol. The maximum Gasteiger partial charge on any atom is 0.261 e. The van der Waals surface area contributed by atoms with Crippen LogP contribution in [0.3, 0.4) is 0 Å². The summed E-state index contributed by atoms with van der Waals surface area (Å²) >= 11 is 1.33. The first-order valence-corrected chi connectivity index (χ1v) is 9.39. The van der Waals surface area contributed by atoms with E-state index in [0.717, 1.165) is 5.56 Å². The summed E-state index contributed by atoms with van der Waals surface area (Å²) in [7, 11) is 0. The van der Waals surface area contributed by atoms with Crippen molar-refractivity contribution in [3.8, 4) is 11.5 Å². The molecular weight excluding hydrogens is 360 g/mol. The van der Waals surface area contributed by atoms with Gasteiger partial charge in [-0.3, -0.25) is 9.59 Å². The Labute approximate surface area is 162 Å². The van der Waals surface area contributed by atoms with Gasteiger partial charge in [0, 0.05) is 0 Å². The number of aryl methyl sites for hydroxylation is 1. The Hall–Kier alpha value is -3.12. The highest BCUT2D eigenvalue weighted by Gasteiger charge is 2.18. The minimum Gasteiger partial charge on any atom is -0.455 e. The first-order valence-electron chi connectivity index (χ1n) is 8.52. The fourth-order valence-electron chi connectivity index (χ4n) is 2.37. The van der Waals surface area contributed by atoms with Gasteiger partial charge in [0.15, 0.2) is 5.75 Å². The fraction of sp³-hybridized carbons (Fsp3) is 0.143. The predicted molar refractivity (Wildman–Crippen MR) is 108 cm³/mol. The lowest BCUT2D eigenvalue weighted by Crippen LogP contribution is -2.41. The zero-order valence-electron chi connectivity index (χ0n) is 15.1. The number of hydrogen-bond acceptors (Lipinski definition) is 4. The number of amides is 2. The van der Waals surface area contributed by atoms with E-state index in [1.54, 1.807) is 31.2 Å². The highest BCUT2D eigenvalue weighted by molar-refractivity contribution is 7.12. The number of carbonyl (C=O) groups excluding carboxylic acids is 2. The van der Waals surface area contributed by atoms with E-state index in [4.69, 9.17) is 4.74 Å². The second kappa shape index (κ2) is 8.51. The van der Waals surface area contributed by atoms with Gasteiger partial charge in [0.05, 0.1) is 10.6 Å². The average molecular weight is 380 g/mol. The highest BCUT2D eigenvalue weighted by Crippen LogP contribution is 2.29. The smallest absolute Gasteiger partial charge is 0.261 e. The summed E-state index contributed by atoms with van der Waals surface area (Å²) in [5, 5.41) is 7.33. The van der Waals surface area contributed by atoms with Gasteiger partial charge >= 0.3 is 0 Å². The van der Waals surface area contributed by atoms with Crippen molar-refractivity contribution in [3.05, 3.63) is 76.5 Å². The summed E-state index contributed by atoms with van der Waals surface area (Å²) in [4.78, 5) is 25.2. The molecule has 0 unspecified atom stereocenters. The van der Waals surface area contributed by atoms with Gasteiger partial charge in [0.25, 0.3) is 5.91 Å². The molecule has 5 nitrogen and oxygen atoms in total. The van der Waals surface area contributed by atoms with E-state index in [9.17, 15) is 9.59 Å². The largest absolute Gasteiger partial charge is 0.455 e. The van der Waals surface area contributed by atoms with Crippen LogP contribution in [0.25, 0.3) is 0 Å². The zero-order valence-corrected chi connectivity index (χ0v) is 15.9. The minimum absolute atomic E-state index is 0.267. The summed E-state index contributed by atoms with van der Waals surface area (Å²) in [6.07, 6.45) is 0. The number of anilines is 1. The van der Waals surface area contributed by atoms with Gasteiger partial charge in [0.1, 0.15) is 11.8 Å². The molecule has 1 heterocycles. The van der Waals surface area contributed by atoms with Gasteiger partial charge < -0.3 is 15.4 Å². The third kappa shape index (κ3) is 4.95. The first-order chi connectivity index (χ1) is 13.0. The van der Waals surface area contributed by atoms with E-state index in [2.05, 4.69) is 10.6 Å². The molecule has 3 aromatic rings. The van der Waals surface area contributed by atoms with Gasteiger partial charge in [-0.25, -0.2) is 0 Å². The Bertz CT molecular complexity index is 921. The summed E-state index contributed by atoms with van der Waals surface area (Å²) in [5.74, 6) is 0.629. The molecule has 2 N–H and O–H groups in total. The normalized spacial score (nSPS) is 11.5. The van der Waals surface area contributed by atoms with Crippen molar-refractivity contribution in [2.24, 2.45) is 0 Å². The van der Waals surface area contributed by atoms with Gasteiger partial charge in [-0.05, 0) is 49.6 Å². The number of thiophene rings is 1. The highest BCUT2D eigenvalue weighted by atomic mass is 32.1. The van der Waals surface area contributed by atoms with Gasteiger partial charge in [-0.15, -0.1) is 11.3 Å². The van der Waals surface area contributed by atoms with Crippen molar-refractivity contribution in [2.45, 2.75) is 19.9 Å². The molecule has 1 atom stereocenters. The summed E-state index contributed by atoms with van der Waals surface area (Å²) in [6.45, 7) is 3.65. The quantitative estimate of drug-likeness (QED) is 0.656. The van der Waals surface area contributed by atoms with Crippen LogP contribution in [-0.2, 0) is 4.79 Å². The van der Waals surface area contributed by atoms with Crippen LogP contribution >= 0.6 is 11.3 Å². The molecule has 1 aromatic heterocycles. The lowest BCUT2D eigenvalue weighted by Gasteiger charge is -2.16. The average Bonchev–Trinajstić information content (AvgIpc) is 3.20. The Morgan fingerprint density at radius 1 is 1.00 bits per heavy atom. The Morgan fingerprint density at radius 2 is 1.74 bits per heavy atom. The molecule has 0 aliphatic heterocycles. The number of rotatable bonds is 6. The van der Waals surface area contributed by atoms with Crippen molar-refractivity contribution >= 4 is 28.8 Å². The summed E-state index contributed by atoms with van der Waals surface area (Å²) < 4.78 is 5.88. The number of benzene rings is 2.